The molecule has 156 valence electrons. The van der Waals surface area contributed by atoms with E-state index in [1.165, 1.54) is 16.7 Å². The summed E-state index contributed by atoms with van der Waals surface area (Å²) < 4.78 is 5.31. The minimum Gasteiger partial charge on any atom is -0.380 e. The zero-order chi connectivity index (χ0) is 20.3. The van der Waals surface area contributed by atoms with Crippen molar-refractivity contribution in [1.29, 1.82) is 0 Å². The number of aliphatic imine (C=N–C) groups is 1. The summed E-state index contributed by atoms with van der Waals surface area (Å²) in [6.07, 6.45) is 2.27. The molecular formula is C24H34N4O. The summed E-state index contributed by atoms with van der Waals surface area (Å²) in [5.74, 6) is 0.904. The first-order valence-corrected chi connectivity index (χ1v) is 10.6. The molecule has 1 aliphatic rings. The van der Waals surface area contributed by atoms with Gasteiger partial charge >= 0.3 is 0 Å². The first-order valence-electron chi connectivity index (χ1n) is 10.6. The van der Waals surface area contributed by atoms with Gasteiger partial charge in [0, 0.05) is 39.3 Å². The Morgan fingerprint density at radius 1 is 1.03 bits per heavy atom. The number of ether oxygens (including phenoxy) is 1. The van der Waals surface area contributed by atoms with Crippen LogP contribution in [-0.2, 0) is 24.4 Å². The molecule has 5 heteroatoms. The van der Waals surface area contributed by atoms with E-state index in [0.29, 0.717) is 19.2 Å². The Bertz CT molecular complexity index is 754. The van der Waals surface area contributed by atoms with Crippen molar-refractivity contribution in [3.05, 3.63) is 71.3 Å². The highest BCUT2D eigenvalue weighted by Crippen LogP contribution is 2.14. The Labute approximate surface area is 175 Å². The number of benzene rings is 2. The van der Waals surface area contributed by atoms with E-state index >= 15 is 0 Å². The molecule has 2 aromatic carbocycles. The van der Waals surface area contributed by atoms with Crippen LogP contribution in [0.2, 0.25) is 0 Å². The quantitative estimate of drug-likeness (QED) is 0.531. The maximum Gasteiger partial charge on any atom is 0.191 e. The minimum absolute atomic E-state index is 0.467. The van der Waals surface area contributed by atoms with Crippen molar-refractivity contribution in [1.82, 2.24) is 15.5 Å². The van der Waals surface area contributed by atoms with Gasteiger partial charge in [-0.3, -0.25) is 4.90 Å². The lowest BCUT2D eigenvalue weighted by Gasteiger charge is -2.33. The first kappa shape index (κ1) is 21.3. The van der Waals surface area contributed by atoms with E-state index in [0.717, 1.165) is 45.0 Å². The van der Waals surface area contributed by atoms with Gasteiger partial charge in [-0.05, 0) is 36.5 Å². The third kappa shape index (κ3) is 6.87. The highest BCUT2D eigenvalue weighted by molar-refractivity contribution is 5.80. The van der Waals surface area contributed by atoms with Crippen LogP contribution in [0.3, 0.4) is 0 Å². The summed E-state index contributed by atoms with van der Waals surface area (Å²) in [5.41, 5.74) is 3.80. The number of nitrogens with one attached hydrogen (secondary N) is 2. The molecule has 1 fully saturated rings. The summed E-state index contributed by atoms with van der Waals surface area (Å²) in [6.45, 7) is 7.51. The fourth-order valence-corrected chi connectivity index (χ4v) is 3.76. The Kier molecular flexibility index (Phi) is 8.53. The van der Waals surface area contributed by atoms with Crippen molar-refractivity contribution in [3.8, 4) is 0 Å². The van der Waals surface area contributed by atoms with Crippen molar-refractivity contribution in [2.75, 3.05) is 26.7 Å². The van der Waals surface area contributed by atoms with Gasteiger partial charge < -0.3 is 15.4 Å². The highest BCUT2D eigenvalue weighted by atomic mass is 16.5. The molecule has 1 aliphatic heterocycles. The van der Waals surface area contributed by atoms with Gasteiger partial charge in [0.25, 0.3) is 0 Å². The molecule has 0 unspecified atom stereocenters. The Hall–Kier alpha value is -2.37. The van der Waals surface area contributed by atoms with E-state index in [2.05, 4.69) is 71.0 Å². The summed E-state index contributed by atoms with van der Waals surface area (Å²) in [6, 6.07) is 19.6. The topological polar surface area (TPSA) is 48.9 Å². The third-order valence-electron chi connectivity index (χ3n) is 5.35. The molecule has 2 N–H and O–H groups in total. The standard InChI is InChI=1S/C24H34N4O/c1-3-25-24(26-17-21-11-7-8-12-22(21)19-29-2)27-23-13-15-28(16-14-23)18-20-9-5-4-6-10-20/h4-12,23H,3,13-19H2,1-2H3,(H2,25,26,27). The van der Waals surface area contributed by atoms with Crippen LogP contribution < -0.4 is 10.6 Å². The van der Waals surface area contributed by atoms with E-state index < -0.39 is 0 Å². The molecule has 2 aromatic rings. The SMILES string of the molecule is CCNC(=NCc1ccccc1COC)NC1CCN(Cc2ccccc2)CC1. The second-order valence-corrected chi connectivity index (χ2v) is 7.58. The molecule has 1 saturated heterocycles. The predicted molar refractivity (Wildman–Crippen MR) is 120 cm³/mol. The van der Waals surface area contributed by atoms with E-state index in [1.54, 1.807) is 7.11 Å². The third-order valence-corrected chi connectivity index (χ3v) is 5.35. The van der Waals surface area contributed by atoms with Crippen LogP contribution in [0.25, 0.3) is 0 Å². The number of guanidine groups is 1. The van der Waals surface area contributed by atoms with Gasteiger partial charge in [-0.1, -0.05) is 54.6 Å². The Morgan fingerprint density at radius 2 is 1.72 bits per heavy atom. The van der Waals surface area contributed by atoms with Gasteiger partial charge in [-0.25, -0.2) is 4.99 Å². The van der Waals surface area contributed by atoms with E-state index in [1.807, 2.05) is 6.07 Å². The van der Waals surface area contributed by atoms with Gasteiger partial charge in [0.1, 0.15) is 0 Å². The van der Waals surface area contributed by atoms with Crippen molar-refractivity contribution < 1.29 is 4.74 Å². The van der Waals surface area contributed by atoms with Crippen LogP contribution in [0.1, 0.15) is 36.5 Å². The summed E-state index contributed by atoms with van der Waals surface area (Å²) in [4.78, 5) is 7.37. The molecule has 0 amide bonds. The molecule has 29 heavy (non-hydrogen) atoms. The molecule has 5 nitrogen and oxygen atoms in total. The van der Waals surface area contributed by atoms with Crippen LogP contribution in [0, 0.1) is 0 Å². The summed E-state index contributed by atoms with van der Waals surface area (Å²) in [7, 11) is 1.73. The number of likely N-dealkylation sites (tertiary alicyclic amines) is 1. The number of rotatable bonds is 8. The van der Waals surface area contributed by atoms with Crippen LogP contribution in [0.15, 0.2) is 59.6 Å². The van der Waals surface area contributed by atoms with Gasteiger partial charge in [0.05, 0.1) is 13.2 Å². The predicted octanol–water partition coefficient (Wildman–Crippen LogP) is 3.55. The molecule has 1 heterocycles. The lowest BCUT2D eigenvalue weighted by Crippen LogP contribution is -2.48. The molecular weight excluding hydrogens is 360 g/mol. The molecule has 3 rings (SSSR count). The summed E-state index contributed by atoms with van der Waals surface area (Å²) >= 11 is 0. The van der Waals surface area contributed by atoms with Crippen LogP contribution >= 0.6 is 0 Å². The Balaban J connectivity index is 1.52. The van der Waals surface area contributed by atoms with Crippen molar-refractivity contribution in [3.63, 3.8) is 0 Å². The highest BCUT2D eigenvalue weighted by Gasteiger charge is 2.20. The van der Waals surface area contributed by atoms with Gasteiger partial charge in [0.2, 0.25) is 0 Å². The number of nitrogens with zero attached hydrogens (tertiary/aromatic N) is 2. The maximum atomic E-state index is 5.31. The largest absolute Gasteiger partial charge is 0.380 e. The second-order valence-electron chi connectivity index (χ2n) is 7.58. The number of hydrogen-bond donors (Lipinski definition) is 2. The Morgan fingerprint density at radius 3 is 2.41 bits per heavy atom. The average molecular weight is 395 g/mol. The van der Waals surface area contributed by atoms with Gasteiger partial charge in [-0.2, -0.15) is 0 Å². The van der Waals surface area contributed by atoms with Crippen molar-refractivity contribution in [2.45, 2.75) is 45.5 Å². The smallest absolute Gasteiger partial charge is 0.191 e. The lowest BCUT2D eigenvalue weighted by molar-refractivity contribution is 0.184. The molecule has 0 saturated carbocycles. The zero-order valence-electron chi connectivity index (χ0n) is 17.7. The minimum atomic E-state index is 0.467. The average Bonchev–Trinajstić information content (AvgIpc) is 2.75. The van der Waals surface area contributed by atoms with E-state index in [9.17, 15) is 0 Å². The van der Waals surface area contributed by atoms with E-state index in [4.69, 9.17) is 9.73 Å². The summed E-state index contributed by atoms with van der Waals surface area (Å²) in [5, 5.41) is 7.04. The lowest BCUT2D eigenvalue weighted by atomic mass is 10.0. The monoisotopic (exact) mass is 394 g/mol. The van der Waals surface area contributed by atoms with Gasteiger partial charge in [0.15, 0.2) is 5.96 Å². The first-order chi connectivity index (χ1) is 14.3. The van der Waals surface area contributed by atoms with E-state index in [-0.39, 0.29) is 0 Å². The maximum absolute atomic E-state index is 5.31. The molecule has 0 spiro atoms. The molecule has 0 aliphatic carbocycles. The number of methoxy groups -OCH3 is 1. The fraction of sp³-hybridized carbons (Fsp3) is 0.458. The molecule has 0 radical (unpaired) electrons. The number of hydrogen-bond acceptors (Lipinski definition) is 3. The molecule has 0 bridgehead atoms. The zero-order valence-corrected chi connectivity index (χ0v) is 17.7. The van der Waals surface area contributed by atoms with Crippen LogP contribution in [0.4, 0.5) is 0 Å². The van der Waals surface area contributed by atoms with Crippen molar-refractivity contribution in [2.24, 2.45) is 4.99 Å². The van der Waals surface area contributed by atoms with Gasteiger partial charge in [-0.15, -0.1) is 0 Å². The normalized spacial score (nSPS) is 16.0. The van der Waals surface area contributed by atoms with Crippen LogP contribution in [-0.4, -0.2) is 43.6 Å². The van der Waals surface area contributed by atoms with Crippen molar-refractivity contribution >= 4 is 5.96 Å². The molecule has 0 atom stereocenters. The molecule has 0 aromatic heterocycles. The number of piperidine rings is 1. The second kappa shape index (κ2) is 11.6. The fourth-order valence-electron chi connectivity index (χ4n) is 3.76. The van der Waals surface area contributed by atoms with Crippen LogP contribution in [0.5, 0.6) is 0 Å².